The molecule has 1 aliphatic carbocycles. The average molecular weight is 209 g/mol. The molecule has 1 fully saturated rings. The second-order valence-electron chi connectivity index (χ2n) is 4.48. The summed E-state index contributed by atoms with van der Waals surface area (Å²) in [7, 11) is 0. The molecule has 0 radical (unpaired) electrons. The van der Waals surface area contributed by atoms with Gasteiger partial charge >= 0.3 is 0 Å². The van der Waals surface area contributed by atoms with E-state index >= 15 is 0 Å². The van der Waals surface area contributed by atoms with Crippen molar-refractivity contribution in [3.63, 3.8) is 0 Å². The van der Waals surface area contributed by atoms with Crippen LogP contribution in [0.25, 0.3) is 0 Å². The SMILES string of the molecule is CC1CCC(C=O)(Cc2cscn2)C1. The first-order chi connectivity index (χ1) is 6.74. The Morgan fingerprint density at radius 1 is 1.79 bits per heavy atom. The first kappa shape index (κ1) is 9.84. The molecule has 0 saturated heterocycles. The van der Waals surface area contributed by atoms with Crippen LogP contribution in [0, 0.1) is 11.3 Å². The van der Waals surface area contributed by atoms with Crippen molar-refractivity contribution in [2.45, 2.75) is 32.6 Å². The van der Waals surface area contributed by atoms with Crippen LogP contribution in [-0.2, 0) is 11.2 Å². The van der Waals surface area contributed by atoms with Gasteiger partial charge in [0.05, 0.1) is 11.2 Å². The Balaban J connectivity index is 2.10. The van der Waals surface area contributed by atoms with Gasteiger partial charge in [-0.2, -0.15) is 0 Å². The molecule has 1 saturated carbocycles. The Bertz CT molecular complexity index is 309. The third kappa shape index (κ3) is 1.87. The normalized spacial score (nSPS) is 31.9. The van der Waals surface area contributed by atoms with Crippen molar-refractivity contribution in [3.8, 4) is 0 Å². The van der Waals surface area contributed by atoms with Gasteiger partial charge in [-0.25, -0.2) is 4.98 Å². The molecule has 76 valence electrons. The highest BCUT2D eigenvalue weighted by Crippen LogP contribution is 2.42. The molecule has 2 atom stereocenters. The molecule has 1 aromatic rings. The molecule has 0 spiro atoms. The maximum atomic E-state index is 11.2. The molecule has 1 aliphatic rings. The van der Waals surface area contributed by atoms with Gasteiger partial charge in [-0.15, -0.1) is 11.3 Å². The molecule has 0 aromatic carbocycles. The fraction of sp³-hybridized carbons (Fsp3) is 0.636. The number of hydrogen-bond donors (Lipinski definition) is 0. The Morgan fingerprint density at radius 3 is 3.14 bits per heavy atom. The van der Waals surface area contributed by atoms with Crippen LogP contribution in [0.5, 0.6) is 0 Å². The van der Waals surface area contributed by atoms with Gasteiger partial charge in [0.25, 0.3) is 0 Å². The minimum Gasteiger partial charge on any atom is -0.303 e. The van der Waals surface area contributed by atoms with Crippen molar-refractivity contribution >= 4 is 17.6 Å². The summed E-state index contributed by atoms with van der Waals surface area (Å²) in [6, 6.07) is 0. The van der Waals surface area contributed by atoms with Crippen LogP contribution in [0.2, 0.25) is 0 Å². The number of carbonyl (C=O) groups excluding carboxylic acids is 1. The molecule has 3 heteroatoms. The first-order valence-electron chi connectivity index (χ1n) is 5.07. The van der Waals surface area contributed by atoms with E-state index in [-0.39, 0.29) is 5.41 Å². The molecule has 1 aromatic heterocycles. The van der Waals surface area contributed by atoms with Gasteiger partial charge in [-0.1, -0.05) is 6.92 Å². The van der Waals surface area contributed by atoms with Gasteiger partial charge in [-0.05, 0) is 25.2 Å². The second-order valence-corrected chi connectivity index (χ2v) is 5.20. The predicted octanol–water partition coefficient (Wildman–Crippen LogP) is 2.69. The van der Waals surface area contributed by atoms with Gasteiger partial charge in [0, 0.05) is 17.2 Å². The highest BCUT2D eigenvalue weighted by Gasteiger charge is 2.37. The van der Waals surface area contributed by atoms with Crippen molar-refractivity contribution in [1.29, 1.82) is 0 Å². The standard InChI is InChI=1S/C11H15NOS/c1-9-2-3-11(4-9,7-13)5-10-6-14-8-12-10/h6-9H,2-5H2,1H3. The lowest BCUT2D eigenvalue weighted by molar-refractivity contribution is -0.116. The molecule has 0 N–H and O–H groups in total. The summed E-state index contributed by atoms with van der Waals surface area (Å²) >= 11 is 1.61. The topological polar surface area (TPSA) is 30.0 Å². The van der Waals surface area contributed by atoms with Crippen molar-refractivity contribution in [1.82, 2.24) is 4.98 Å². The van der Waals surface area contributed by atoms with Crippen LogP contribution in [0.15, 0.2) is 10.9 Å². The van der Waals surface area contributed by atoms with Crippen molar-refractivity contribution in [3.05, 3.63) is 16.6 Å². The van der Waals surface area contributed by atoms with E-state index in [1.807, 2.05) is 10.9 Å². The molecule has 0 amide bonds. The van der Waals surface area contributed by atoms with E-state index in [1.54, 1.807) is 11.3 Å². The summed E-state index contributed by atoms with van der Waals surface area (Å²) in [5, 5.41) is 2.05. The largest absolute Gasteiger partial charge is 0.303 e. The Kier molecular flexibility index (Phi) is 2.68. The molecule has 2 nitrogen and oxygen atoms in total. The van der Waals surface area contributed by atoms with Crippen LogP contribution in [0.4, 0.5) is 0 Å². The van der Waals surface area contributed by atoms with Crippen LogP contribution in [0.1, 0.15) is 31.9 Å². The quantitative estimate of drug-likeness (QED) is 0.716. The monoisotopic (exact) mass is 209 g/mol. The van der Waals surface area contributed by atoms with E-state index in [2.05, 4.69) is 11.9 Å². The van der Waals surface area contributed by atoms with Crippen molar-refractivity contribution in [2.75, 3.05) is 0 Å². The zero-order valence-corrected chi connectivity index (χ0v) is 9.22. The molecule has 2 rings (SSSR count). The third-order valence-electron chi connectivity index (χ3n) is 3.16. The lowest BCUT2D eigenvalue weighted by Gasteiger charge is -2.20. The van der Waals surface area contributed by atoms with Crippen LogP contribution >= 0.6 is 11.3 Å². The molecule has 2 unspecified atom stereocenters. The number of rotatable bonds is 3. The third-order valence-corrected chi connectivity index (χ3v) is 3.79. The lowest BCUT2D eigenvalue weighted by atomic mass is 9.82. The Labute approximate surface area is 88.4 Å². The minimum atomic E-state index is -0.104. The van der Waals surface area contributed by atoms with Crippen LogP contribution < -0.4 is 0 Å². The average Bonchev–Trinajstić information content (AvgIpc) is 2.77. The van der Waals surface area contributed by atoms with Gasteiger partial charge in [0.15, 0.2) is 0 Å². The molecule has 1 heterocycles. The fourth-order valence-electron chi connectivity index (χ4n) is 2.43. The number of hydrogen-bond acceptors (Lipinski definition) is 3. The number of aldehydes is 1. The minimum absolute atomic E-state index is 0.104. The van der Waals surface area contributed by atoms with Gasteiger partial charge in [0.1, 0.15) is 6.29 Å². The Morgan fingerprint density at radius 2 is 2.64 bits per heavy atom. The van der Waals surface area contributed by atoms with Gasteiger partial charge in [-0.3, -0.25) is 0 Å². The smallest absolute Gasteiger partial charge is 0.126 e. The maximum absolute atomic E-state index is 11.2. The zero-order chi connectivity index (χ0) is 10.0. The number of aromatic nitrogens is 1. The van der Waals surface area contributed by atoms with Crippen molar-refractivity contribution in [2.24, 2.45) is 11.3 Å². The van der Waals surface area contributed by atoms with E-state index < -0.39 is 0 Å². The number of thiazole rings is 1. The van der Waals surface area contributed by atoms with E-state index in [9.17, 15) is 4.79 Å². The summed E-state index contributed by atoms with van der Waals surface area (Å²) in [4.78, 5) is 15.4. The first-order valence-corrected chi connectivity index (χ1v) is 6.02. The molecule has 0 aliphatic heterocycles. The van der Waals surface area contributed by atoms with Crippen LogP contribution in [0.3, 0.4) is 0 Å². The maximum Gasteiger partial charge on any atom is 0.126 e. The summed E-state index contributed by atoms with van der Waals surface area (Å²) in [6.45, 7) is 2.23. The van der Waals surface area contributed by atoms with E-state index in [0.29, 0.717) is 5.92 Å². The highest BCUT2D eigenvalue weighted by atomic mass is 32.1. The zero-order valence-electron chi connectivity index (χ0n) is 8.40. The van der Waals surface area contributed by atoms with Crippen molar-refractivity contribution < 1.29 is 4.79 Å². The molecular weight excluding hydrogens is 194 g/mol. The summed E-state index contributed by atoms with van der Waals surface area (Å²) < 4.78 is 0. The molecule has 0 bridgehead atoms. The van der Waals surface area contributed by atoms with E-state index in [4.69, 9.17) is 0 Å². The lowest BCUT2D eigenvalue weighted by Crippen LogP contribution is -2.22. The van der Waals surface area contributed by atoms with Gasteiger partial charge in [0.2, 0.25) is 0 Å². The number of nitrogens with zero attached hydrogens (tertiary/aromatic N) is 1. The Hall–Kier alpha value is -0.700. The van der Waals surface area contributed by atoms with E-state index in [0.717, 1.165) is 31.2 Å². The van der Waals surface area contributed by atoms with E-state index in [1.165, 1.54) is 6.42 Å². The number of carbonyl (C=O) groups is 1. The summed E-state index contributed by atoms with van der Waals surface area (Å²) in [5.74, 6) is 0.693. The fourth-order valence-corrected chi connectivity index (χ4v) is 2.99. The van der Waals surface area contributed by atoms with Crippen LogP contribution in [-0.4, -0.2) is 11.3 Å². The van der Waals surface area contributed by atoms with Gasteiger partial charge < -0.3 is 4.79 Å². The molecular formula is C11H15NOS. The summed E-state index contributed by atoms with van der Waals surface area (Å²) in [5.41, 5.74) is 2.82. The second kappa shape index (κ2) is 3.81. The highest BCUT2D eigenvalue weighted by molar-refractivity contribution is 7.07. The predicted molar refractivity (Wildman–Crippen MR) is 57.3 cm³/mol. The summed E-state index contributed by atoms with van der Waals surface area (Å²) in [6.07, 6.45) is 5.26. The molecule has 14 heavy (non-hydrogen) atoms.